The normalized spacial score (nSPS) is 10.6. The number of carbonyl (C=O) groups excluding carboxylic acids is 1. The molecule has 0 spiro atoms. The first-order chi connectivity index (χ1) is 10.2. The third-order valence-electron chi connectivity index (χ3n) is 3.68. The molecule has 0 N–H and O–H groups in total. The number of unbranched alkanes of at least 4 members (excludes halogenated alkanes) is 2. The molecule has 21 heavy (non-hydrogen) atoms. The van der Waals surface area contributed by atoms with Crippen molar-refractivity contribution >= 4 is 21.7 Å². The highest BCUT2D eigenvalue weighted by Crippen LogP contribution is 2.21. The summed E-state index contributed by atoms with van der Waals surface area (Å²) in [5.41, 5.74) is 4.51. The molecule has 1 nitrogen and oxygen atoms in total. The van der Waals surface area contributed by atoms with E-state index in [1.165, 1.54) is 30.4 Å². The van der Waals surface area contributed by atoms with Crippen molar-refractivity contribution in [3.63, 3.8) is 0 Å². The lowest BCUT2D eigenvalue weighted by Crippen LogP contribution is -1.98. The minimum absolute atomic E-state index is 0.118. The predicted molar refractivity (Wildman–Crippen MR) is 93.2 cm³/mol. The lowest BCUT2D eigenvalue weighted by Gasteiger charge is -2.05. The van der Waals surface area contributed by atoms with Crippen LogP contribution in [0.1, 0.15) is 42.1 Å². The summed E-state index contributed by atoms with van der Waals surface area (Å²) in [6, 6.07) is 16.6. The molecule has 0 fully saturated rings. The van der Waals surface area contributed by atoms with E-state index in [9.17, 15) is 4.79 Å². The topological polar surface area (TPSA) is 17.1 Å². The van der Waals surface area contributed by atoms with Crippen LogP contribution >= 0.6 is 15.9 Å². The Labute approximate surface area is 135 Å². The Kier molecular flexibility index (Phi) is 6.19. The number of carbonyl (C=O) groups is 1. The second-order valence-corrected chi connectivity index (χ2v) is 5.85. The molecule has 0 aliphatic rings. The third kappa shape index (κ3) is 4.53. The number of halogens is 1. The summed E-state index contributed by atoms with van der Waals surface area (Å²) < 4.78 is 0. The highest BCUT2D eigenvalue weighted by atomic mass is 79.9. The van der Waals surface area contributed by atoms with Gasteiger partial charge in [0.25, 0.3) is 0 Å². The Morgan fingerprint density at radius 3 is 2.00 bits per heavy atom. The molecule has 0 atom stereocenters. The molecule has 0 heterocycles. The monoisotopic (exact) mass is 344 g/mol. The summed E-state index contributed by atoms with van der Waals surface area (Å²) >= 11 is 3.20. The van der Waals surface area contributed by atoms with Crippen LogP contribution in [0.25, 0.3) is 11.1 Å². The van der Waals surface area contributed by atoms with E-state index in [2.05, 4.69) is 47.1 Å². The van der Waals surface area contributed by atoms with Gasteiger partial charge in [-0.3, -0.25) is 4.79 Å². The summed E-state index contributed by atoms with van der Waals surface area (Å²) in [7, 11) is 0. The van der Waals surface area contributed by atoms with E-state index >= 15 is 0 Å². The van der Waals surface area contributed by atoms with E-state index in [0.29, 0.717) is 5.33 Å². The van der Waals surface area contributed by atoms with Crippen LogP contribution in [0.3, 0.4) is 0 Å². The zero-order valence-corrected chi connectivity index (χ0v) is 14.0. The first kappa shape index (κ1) is 16.0. The van der Waals surface area contributed by atoms with Crippen LogP contribution in [-0.4, -0.2) is 11.1 Å². The molecular weight excluding hydrogens is 324 g/mol. The fourth-order valence-corrected chi connectivity index (χ4v) is 2.69. The Bertz CT molecular complexity index is 570. The van der Waals surface area contributed by atoms with Crippen molar-refractivity contribution in [3.05, 3.63) is 59.7 Å². The zero-order valence-electron chi connectivity index (χ0n) is 12.4. The van der Waals surface area contributed by atoms with Gasteiger partial charge in [-0.05, 0) is 29.5 Å². The SMILES string of the molecule is CCCCCc1ccc(-c2ccc(C(=O)CBr)cc2)cc1. The second kappa shape index (κ2) is 8.14. The number of rotatable bonds is 7. The van der Waals surface area contributed by atoms with Gasteiger partial charge >= 0.3 is 0 Å². The molecule has 0 amide bonds. The first-order valence-electron chi connectivity index (χ1n) is 7.53. The molecule has 0 saturated heterocycles. The lowest BCUT2D eigenvalue weighted by atomic mass is 10.00. The Morgan fingerprint density at radius 2 is 1.48 bits per heavy atom. The highest BCUT2D eigenvalue weighted by molar-refractivity contribution is 9.09. The Balaban J connectivity index is 2.06. The van der Waals surface area contributed by atoms with Crippen molar-refractivity contribution in [1.82, 2.24) is 0 Å². The standard InChI is InChI=1S/C19H21BrO/c1-2-3-4-5-15-6-8-16(9-7-15)17-10-12-18(13-11-17)19(21)14-20/h6-13H,2-5,14H2,1H3. The molecular formula is C19H21BrO. The number of aryl methyl sites for hydroxylation is 1. The zero-order chi connectivity index (χ0) is 15.1. The molecule has 2 rings (SSSR count). The van der Waals surface area contributed by atoms with Gasteiger partial charge in [-0.25, -0.2) is 0 Å². The molecule has 2 aromatic carbocycles. The minimum Gasteiger partial charge on any atom is -0.293 e. The maximum absolute atomic E-state index is 11.6. The second-order valence-electron chi connectivity index (χ2n) is 5.29. The van der Waals surface area contributed by atoms with E-state index < -0.39 is 0 Å². The van der Waals surface area contributed by atoms with Crippen LogP contribution in [0, 0.1) is 0 Å². The molecule has 0 saturated carbocycles. The summed E-state index contributed by atoms with van der Waals surface area (Å²) in [6.07, 6.45) is 4.98. The van der Waals surface area contributed by atoms with Crippen LogP contribution in [0.5, 0.6) is 0 Å². The van der Waals surface area contributed by atoms with E-state index in [0.717, 1.165) is 17.5 Å². The first-order valence-corrected chi connectivity index (χ1v) is 8.65. The van der Waals surface area contributed by atoms with Crippen molar-refractivity contribution in [1.29, 1.82) is 0 Å². The van der Waals surface area contributed by atoms with Crippen molar-refractivity contribution in [3.8, 4) is 11.1 Å². The van der Waals surface area contributed by atoms with Crippen LogP contribution < -0.4 is 0 Å². The quantitative estimate of drug-likeness (QED) is 0.359. The van der Waals surface area contributed by atoms with Gasteiger partial charge in [0.1, 0.15) is 0 Å². The third-order valence-corrected chi connectivity index (χ3v) is 4.19. The smallest absolute Gasteiger partial charge is 0.173 e. The number of ketones is 1. The van der Waals surface area contributed by atoms with Crippen molar-refractivity contribution in [2.75, 3.05) is 5.33 Å². The van der Waals surface area contributed by atoms with E-state index in [-0.39, 0.29) is 5.78 Å². The van der Waals surface area contributed by atoms with Crippen LogP contribution in [0.2, 0.25) is 0 Å². The summed E-state index contributed by atoms with van der Waals surface area (Å²) in [5.74, 6) is 0.118. The number of hydrogen-bond acceptors (Lipinski definition) is 1. The number of benzene rings is 2. The number of hydrogen-bond donors (Lipinski definition) is 0. The van der Waals surface area contributed by atoms with Gasteiger partial charge < -0.3 is 0 Å². The fourth-order valence-electron chi connectivity index (χ4n) is 2.37. The van der Waals surface area contributed by atoms with Crippen molar-refractivity contribution in [2.24, 2.45) is 0 Å². The molecule has 0 unspecified atom stereocenters. The number of alkyl halides is 1. The van der Waals surface area contributed by atoms with Gasteiger partial charge in [0.15, 0.2) is 5.78 Å². The molecule has 0 aliphatic carbocycles. The van der Waals surface area contributed by atoms with E-state index in [1.54, 1.807) is 0 Å². The minimum atomic E-state index is 0.118. The summed E-state index contributed by atoms with van der Waals surface area (Å²) in [6.45, 7) is 2.23. The van der Waals surface area contributed by atoms with Gasteiger partial charge in [-0.1, -0.05) is 84.2 Å². The van der Waals surface area contributed by atoms with Gasteiger partial charge in [0, 0.05) is 5.56 Å². The van der Waals surface area contributed by atoms with Gasteiger partial charge in [0.05, 0.1) is 5.33 Å². The highest BCUT2D eigenvalue weighted by Gasteiger charge is 2.04. The molecule has 0 aromatic heterocycles. The molecule has 0 bridgehead atoms. The van der Waals surface area contributed by atoms with Crippen molar-refractivity contribution in [2.45, 2.75) is 32.6 Å². The van der Waals surface area contributed by atoms with Crippen molar-refractivity contribution < 1.29 is 4.79 Å². The maximum atomic E-state index is 11.6. The van der Waals surface area contributed by atoms with Gasteiger partial charge in [-0.15, -0.1) is 0 Å². The largest absolute Gasteiger partial charge is 0.293 e. The maximum Gasteiger partial charge on any atom is 0.173 e. The molecule has 0 radical (unpaired) electrons. The molecule has 2 aromatic rings. The lowest BCUT2D eigenvalue weighted by molar-refractivity contribution is 0.102. The average molecular weight is 345 g/mol. The molecule has 2 heteroatoms. The molecule has 110 valence electrons. The van der Waals surface area contributed by atoms with Gasteiger partial charge in [0.2, 0.25) is 0 Å². The summed E-state index contributed by atoms with van der Waals surface area (Å²) in [4.78, 5) is 11.6. The van der Waals surface area contributed by atoms with Crippen LogP contribution in [0.4, 0.5) is 0 Å². The Hall–Kier alpha value is -1.41. The van der Waals surface area contributed by atoms with Crippen LogP contribution in [-0.2, 0) is 6.42 Å². The van der Waals surface area contributed by atoms with Crippen LogP contribution in [0.15, 0.2) is 48.5 Å². The Morgan fingerprint density at radius 1 is 0.905 bits per heavy atom. The number of Topliss-reactive ketones (excluding diaryl/α,β-unsaturated/α-hetero) is 1. The van der Waals surface area contributed by atoms with E-state index in [1.807, 2.05) is 24.3 Å². The van der Waals surface area contributed by atoms with Gasteiger partial charge in [-0.2, -0.15) is 0 Å². The summed E-state index contributed by atoms with van der Waals surface area (Å²) in [5, 5.41) is 0.374. The fraction of sp³-hybridized carbons (Fsp3) is 0.316. The molecule has 0 aliphatic heterocycles. The predicted octanol–water partition coefficient (Wildman–Crippen LogP) is 5.66. The average Bonchev–Trinajstić information content (AvgIpc) is 2.55. The van der Waals surface area contributed by atoms with E-state index in [4.69, 9.17) is 0 Å².